The summed E-state index contributed by atoms with van der Waals surface area (Å²) in [5, 5.41) is 19.5. The lowest BCUT2D eigenvalue weighted by molar-refractivity contribution is 0.0615. The number of phenolic OH excluding ortho intramolecular Hbond substituents is 1. The summed E-state index contributed by atoms with van der Waals surface area (Å²) in [4.78, 5) is 24.9. The van der Waals surface area contributed by atoms with E-state index in [1.165, 1.54) is 0 Å². The third-order valence-corrected chi connectivity index (χ3v) is 5.92. The van der Waals surface area contributed by atoms with Gasteiger partial charge in [-0.3, -0.25) is 9.69 Å². The molecule has 7 heteroatoms. The molecule has 0 unspecified atom stereocenters. The van der Waals surface area contributed by atoms with Crippen molar-refractivity contribution in [2.75, 3.05) is 39.3 Å². The van der Waals surface area contributed by atoms with E-state index in [0.717, 1.165) is 29.7 Å². The summed E-state index contributed by atoms with van der Waals surface area (Å²) in [6, 6.07) is 11.1. The Kier molecular flexibility index (Phi) is 5.73. The van der Waals surface area contributed by atoms with Crippen molar-refractivity contribution in [3.05, 3.63) is 47.5 Å². The first kappa shape index (κ1) is 21.3. The first-order valence-electron chi connectivity index (χ1n) is 10.7. The molecule has 1 aliphatic heterocycles. The molecule has 0 aliphatic carbocycles. The number of fused-ring (bicyclic) bond motifs is 1. The Labute approximate surface area is 182 Å². The Morgan fingerprint density at radius 1 is 1.10 bits per heavy atom. The lowest BCUT2D eigenvalue weighted by Gasteiger charge is -2.34. The predicted molar refractivity (Wildman–Crippen MR) is 121 cm³/mol. The van der Waals surface area contributed by atoms with E-state index in [4.69, 9.17) is 5.11 Å². The van der Waals surface area contributed by atoms with Gasteiger partial charge in [-0.1, -0.05) is 26.8 Å². The van der Waals surface area contributed by atoms with Gasteiger partial charge in [-0.25, -0.2) is 4.98 Å². The molecule has 1 fully saturated rings. The van der Waals surface area contributed by atoms with E-state index in [1.807, 2.05) is 29.2 Å². The fraction of sp³-hybridized carbons (Fsp3) is 0.417. The van der Waals surface area contributed by atoms with Crippen LogP contribution in [-0.4, -0.2) is 75.2 Å². The SMILES string of the molecule is CC(C)(C)c1ccc(O)c(-c2nc3ccc(C(=O)N4CCN(CCO)CC4)cc3[nH]2)c1. The summed E-state index contributed by atoms with van der Waals surface area (Å²) >= 11 is 0. The van der Waals surface area contributed by atoms with Crippen LogP contribution in [0.25, 0.3) is 22.4 Å². The average molecular weight is 423 g/mol. The number of hydrogen-bond donors (Lipinski definition) is 3. The number of benzene rings is 2. The molecule has 164 valence electrons. The van der Waals surface area contributed by atoms with Crippen LogP contribution in [0.4, 0.5) is 0 Å². The van der Waals surface area contributed by atoms with E-state index in [-0.39, 0.29) is 23.7 Å². The molecule has 3 N–H and O–H groups in total. The number of aromatic amines is 1. The van der Waals surface area contributed by atoms with Crippen molar-refractivity contribution >= 4 is 16.9 Å². The Morgan fingerprint density at radius 2 is 1.84 bits per heavy atom. The van der Waals surface area contributed by atoms with Crippen LogP contribution in [0.5, 0.6) is 5.75 Å². The maximum atomic E-state index is 13.0. The third kappa shape index (κ3) is 4.43. The summed E-state index contributed by atoms with van der Waals surface area (Å²) in [6.07, 6.45) is 0. The number of aliphatic hydroxyl groups is 1. The number of piperazine rings is 1. The van der Waals surface area contributed by atoms with Crippen LogP contribution < -0.4 is 0 Å². The molecule has 1 amide bonds. The van der Waals surface area contributed by atoms with Crippen molar-refractivity contribution in [2.24, 2.45) is 0 Å². The van der Waals surface area contributed by atoms with E-state index in [0.29, 0.717) is 36.6 Å². The molecule has 0 saturated carbocycles. The Balaban J connectivity index is 1.59. The number of aromatic hydroxyl groups is 1. The van der Waals surface area contributed by atoms with Crippen LogP contribution >= 0.6 is 0 Å². The number of β-amino-alcohol motifs (C(OH)–C–C–N with tert-alkyl or cyclic N) is 1. The summed E-state index contributed by atoms with van der Waals surface area (Å²) in [6.45, 7) is 10.0. The number of aliphatic hydroxyl groups excluding tert-OH is 1. The van der Waals surface area contributed by atoms with Gasteiger partial charge < -0.3 is 20.1 Å². The second-order valence-electron chi connectivity index (χ2n) is 9.16. The topological polar surface area (TPSA) is 92.7 Å². The highest BCUT2D eigenvalue weighted by Gasteiger charge is 2.23. The van der Waals surface area contributed by atoms with Gasteiger partial charge in [0.25, 0.3) is 5.91 Å². The van der Waals surface area contributed by atoms with E-state index in [9.17, 15) is 9.90 Å². The zero-order valence-corrected chi connectivity index (χ0v) is 18.4. The summed E-state index contributed by atoms with van der Waals surface area (Å²) < 4.78 is 0. The van der Waals surface area contributed by atoms with E-state index in [2.05, 4.69) is 35.6 Å². The number of aromatic nitrogens is 2. The molecular weight excluding hydrogens is 392 g/mol. The van der Waals surface area contributed by atoms with Gasteiger partial charge in [0.2, 0.25) is 0 Å². The number of hydrogen-bond acceptors (Lipinski definition) is 5. The highest BCUT2D eigenvalue weighted by molar-refractivity contribution is 5.97. The quantitative estimate of drug-likeness (QED) is 0.601. The van der Waals surface area contributed by atoms with Crippen molar-refractivity contribution in [1.29, 1.82) is 0 Å². The Hall–Kier alpha value is -2.90. The molecule has 0 spiro atoms. The van der Waals surface area contributed by atoms with Crippen LogP contribution in [-0.2, 0) is 5.41 Å². The second-order valence-corrected chi connectivity index (χ2v) is 9.16. The van der Waals surface area contributed by atoms with Crippen LogP contribution in [0, 0.1) is 0 Å². The summed E-state index contributed by atoms with van der Waals surface area (Å²) in [5.41, 5.74) is 3.84. The largest absolute Gasteiger partial charge is 0.507 e. The number of carbonyl (C=O) groups excluding carboxylic acids is 1. The minimum atomic E-state index is -0.0464. The number of phenols is 1. The van der Waals surface area contributed by atoms with Gasteiger partial charge >= 0.3 is 0 Å². The van der Waals surface area contributed by atoms with Gasteiger partial charge in [-0.15, -0.1) is 0 Å². The van der Waals surface area contributed by atoms with Crippen LogP contribution in [0.3, 0.4) is 0 Å². The molecule has 0 bridgehead atoms. The average Bonchev–Trinajstić information content (AvgIpc) is 3.16. The Morgan fingerprint density at radius 3 is 2.52 bits per heavy atom. The first-order chi connectivity index (χ1) is 14.8. The number of carbonyl (C=O) groups is 1. The van der Waals surface area contributed by atoms with Crippen LogP contribution in [0.1, 0.15) is 36.7 Å². The number of amides is 1. The lowest BCUT2D eigenvalue weighted by atomic mass is 9.86. The number of nitrogens with one attached hydrogen (secondary N) is 1. The lowest BCUT2D eigenvalue weighted by Crippen LogP contribution is -2.49. The number of H-pyrrole nitrogens is 1. The molecule has 31 heavy (non-hydrogen) atoms. The Bertz CT molecular complexity index is 1090. The summed E-state index contributed by atoms with van der Waals surface area (Å²) in [7, 11) is 0. The minimum absolute atomic E-state index is 0.000671. The van der Waals surface area contributed by atoms with Crippen LogP contribution in [0.2, 0.25) is 0 Å². The highest BCUT2D eigenvalue weighted by Crippen LogP contribution is 2.33. The smallest absolute Gasteiger partial charge is 0.254 e. The van der Waals surface area contributed by atoms with Gasteiger partial charge in [0.05, 0.1) is 23.2 Å². The molecule has 1 aliphatic rings. The van der Waals surface area contributed by atoms with Crippen molar-refractivity contribution in [2.45, 2.75) is 26.2 Å². The van der Waals surface area contributed by atoms with E-state index in [1.54, 1.807) is 12.1 Å². The molecule has 7 nitrogen and oxygen atoms in total. The molecule has 0 radical (unpaired) electrons. The third-order valence-electron chi connectivity index (χ3n) is 5.92. The maximum absolute atomic E-state index is 13.0. The van der Waals surface area contributed by atoms with Gasteiger partial charge in [-0.05, 0) is 41.3 Å². The maximum Gasteiger partial charge on any atom is 0.254 e. The molecule has 2 aromatic carbocycles. The zero-order valence-electron chi connectivity index (χ0n) is 18.4. The standard InChI is InChI=1S/C24H30N4O3/c1-24(2,3)17-5-7-21(30)18(15-17)22-25-19-6-4-16(14-20(19)26-22)23(31)28-10-8-27(9-11-28)12-13-29/h4-7,14-15,29-30H,8-13H2,1-3H3,(H,25,26). The van der Waals surface area contributed by atoms with Gasteiger partial charge in [0.15, 0.2) is 0 Å². The van der Waals surface area contributed by atoms with Crippen molar-refractivity contribution in [3.8, 4) is 17.1 Å². The zero-order chi connectivity index (χ0) is 22.2. The number of rotatable bonds is 4. The molecule has 1 saturated heterocycles. The van der Waals surface area contributed by atoms with Gasteiger partial charge in [0.1, 0.15) is 11.6 Å². The second kappa shape index (κ2) is 8.32. The van der Waals surface area contributed by atoms with Crippen molar-refractivity contribution in [3.63, 3.8) is 0 Å². The van der Waals surface area contributed by atoms with E-state index < -0.39 is 0 Å². The number of imidazole rings is 1. The molecule has 4 rings (SSSR count). The highest BCUT2D eigenvalue weighted by atomic mass is 16.3. The molecule has 1 aromatic heterocycles. The summed E-state index contributed by atoms with van der Waals surface area (Å²) in [5.74, 6) is 0.754. The number of nitrogens with zero attached hydrogens (tertiary/aromatic N) is 3. The molecule has 3 aromatic rings. The molecule has 0 atom stereocenters. The predicted octanol–water partition coefficient (Wildman–Crippen LogP) is 2.98. The molecule has 2 heterocycles. The minimum Gasteiger partial charge on any atom is -0.507 e. The van der Waals surface area contributed by atoms with Crippen molar-refractivity contribution < 1.29 is 15.0 Å². The molecular formula is C24H30N4O3. The fourth-order valence-corrected chi connectivity index (χ4v) is 3.96. The van der Waals surface area contributed by atoms with Gasteiger partial charge in [-0.2, -0.15) is 0 Å². The fourth-order valence-electron chi connectivity index (χ4n) is 3.96. The van der Waals surface area contributed by atoms with Gasteiger partial charge in [0, 0.05) is 38.3 Å². The monoisotopic (exact) mass is 422 g/mol. The first-order valence-corrected chi connectivity index (χ1v) is 10.7. The van der Waals surface area contributed by atoms with E-state index >= 15 is 0 Å². The van der Waals surface area contributed by atoms with Crippen LogP contribution in [0.15, 0.2) is 36.4 Å². The normalized spacial score (nSPS) is 15.5. The van der Waals surface area contributed by atoms with Crippen molar-refractivity contribution in [1.82, 2.24) is 19.8 Å².